The molecule has 0 saturated heterocycles. The third-order valence-corrected chi connectivity index (χ3v) is 2.05. The van der Waals surface area contributed by atoms with Crippen molar-refractivity contribution in [2.45, 2.75) is 25.7 Å². The number of hydrogen-bond acceptors (Lipinski definition) is 4. The first-order valence-electron chi connectivity index (χ1n) is 4.83. The van der Waals surface area contributed by atoms with Crippen LogP contribution in [0.25, 0.3) is 0 Å². The van der Waals surface area contributed by atoms with Crippen LogP contribution >= 0.6 is 0 Å². The fourth-order valence-electron chi connectivity index (χ4n) is 1.22. The number of unbranched alkanes of at least 4 members (excludes halogenated alkanes) is 1. The lowest BCUT2D eigenvalue weighted by Gasteiger charge is -2.11. The van der Waals surface area contributed by atoms with Gasteiger partial charge in [-0.3, -0.25) is 4.79 Å². The summed E-state index contributed by atoms with van der Waals surface area (Å²) < 4.78 is 4.29. The van der Waals surface area contributed by atoms with Crippen LogP contribution in [0.15, 0.2) is 0 Å². The molecule has 6 nitrogen and oxygen atoms in total. The summed E-state index contributed by atoms with van der Waals surface area (Å²) >= 11 is 0. The third kappa shape index (κ3) is 7.75. The van der Waals surface area contributed by atoms with Crippen LogP contribution in [0.1, 0.15) is 25.7 Å². The molecule has 0 aromatic carbocycles. The highest BCUT2D eigenvalue weighted by atomic mass is 16.7. The van der Waals surface area contributed by atoms with E-state index in [1.807, 2.05) is 0 Å². The Labute approximate surface area is 88.0 Å². The van der Waals surface area contributed by atoms with Crippen molar-refractivity contribution in [3.8, 4) is 0 Å². The second-order valence-electron chi connectivity index (χ2n) is 3.22. The van der Waals surface area contributed by atoms with Crippen molar-refractivity contribution in [1.29, 1.82) is 0 Å². The van der Waals surface area contributed by atoms with E-state index < -0.39 is 12.1 Å². The van der Waals surface area contributed by atoms with E-state index in [2.05, 4.69) is 4.74 Å². The number of rotatable bonds is 8. The van der Waals surface area contributed by atoms with Crippen LogP contribution in [0.5, 0.6) is 0 Å². The van der Waals surface area contributed by atoms with Crippen LogP contribution in [-0.4, -0.2) is 35.5 Å². The Hall–Kier alpha value is -1.30. The van der Waals surface area contributed by atoms with Gasteiger partial charge in [-0.1, -0.05) is 6.42 Å². The quantitative estimate of drug-likeness (QED) is 0.402. The van der Waals surface area contributed by atoms with Gasteiger partial charge in [-0.05, 0) is 19.3 Å². The molecule has 0 saturated carbocycles. The zero-order chi connectivity index (χ0) is 11.7. The first-order chi connectivity index (χ1) is 7.07. The standard InChI is InChI=1S/C9H17NO5/c10-8(12)7(3-1-2-5-11)4-6-15-9(13)14/h7,11H,1-6H2,(H2,10,12)(H,13,14). The molecule has 0 aromatic heterocycles. The van der Waals surface area contributed by atoms with E-state index in [-0.39, 0.29) is 19.1 Å². The molecular formula is C9H17NO5. The molecule has 4 N–H and O–H groups in total. The van der Waals surface area contributed by atoms with Gasteiger partial charge < -0.3 is 20.7 Å². The van der Waals surface area contributed by atoms with Gasteiger partial charge in [0.1, 0.15) is 0 Å². The van der Waals surface area contributed by atoms with Gasteiger partial charge in [-0.25, -0.2) is 4.79 Å². The second-order valence-corrected chi connectivity index (χ2v) is 3.22. The first-order valence-corrected chi connectivity index (χ1v) is 4.83. The van der Waals surface area contributed by atoms with E-state index in [9.17, 15) is 9.59 Å². The maximum absolute atomic E-state index is 10.9. The molecule has 15 heavy (non-hydrogen) atoms. The molecule has 0 aromatic rings. The molecular weight excluding hydrogens is 202 g/mol. The van der Waals surface area contributed by atoms with Crippen molar-refractivity contribution < 1.29 is 24.5 Å². The Morgan fingerprint density at radius 3 is 2.40 bits per heavy atom. The number of hydrogen-bond donors (Lipinski definition) is 3. The van der Waals surface area contributed by atoms with Gasteiger partial charge in [0.25, 0.3) is 0 Å². The van der Waals surface area contributed by atoms with Crippen LogP contribution in [0.4, 0.5) is 4.79 Å². The Morgan fingerprint density at radius 1 is 1.27 bits per heavy atom. The molecule has 1 atom stereocenters. The Balaban J connectivity index is 3.73. The number of amides is 1. The summed E-state index contributed by atoms with van der Waals surface area (Å²) in [5.74, 6) is -0.835. The van der Waals surface area contributed by atoms with Crippen LogP contribution < -0.4 is 5.73 Å². The summed E-state index contributed by atoms with van der Waals surface area (Å²) in [5.41, 5.74) is 5.13. The van der Waals surface area contributed by atoms with Crippen molar-refractivity contribution in [1.82, 2.24) is 0 Å². The molecule has 0 heterocycles. The molecule has 0 fully saturated rings. The Morgan fingerprint density at radius 2 is 1.93 bits per heavy atom. The minimum absolute atomic E-state index is 0.0257. The summed E-state index contributed by atoms with van der Waals surface area (Å²) in [6.07, 6.45) is 0.806. The van der Waals surface area contributed by atoms with E-state index in [1.54, 1.807) is 0 Å². The van der Waals surface area contributed by atoms with E-state index in [4.69, 9.17) is 15.9 Å². The number of nitrogens with two attached hydrogens (primary N) is 1. The van der Waals surface area contributed by atoms with Gasteiger partial charge >= 0.3 is 6.16 Å². The smallest absolute Gasteiger partial charge is 0.450 e. The zero-order valence-electron chi connectivity index (χ0n) is 8.52. The van der Waals surface area contributed by atoms with E-state index in [0.717, 1.165) is 0 Å². The Bertz CT molecular complexity index is 207. The molecule has 0 aliphatic carbocycles. The molecule has 1 amide bonds. The lowest BCUT2D eigenvalue weighted by Crippen LogP contribution is -2.25. The van der Waals surface area contributed by atoms with Crippen LogP contribution in [0, 0.1) is 5.92 Å². The minimum Gasteiger partial charge on any atom is -0.450 e. The van der Waals surface area contributed by atoms with Gasteiger partial charge in [0.05, 0.1) is 6.61 Å². The molecule has 0 radical (unpaired) electrons. The first kappa shape index (κ1) is 13.7. The highest BCUT2D eigenvalue weighted by Crippen LogP contribution is 2.12. The highest BCUT2D eigenvalue weighted by molar-refractivity contribution is 5.76. The lowest BCUT2D eigenvalue weighted by atomic mass is 9.98. The van der Waals surface area contributed by atoms with Crippen molar-refractivity contribution in [3.63, 3.8) is 0 Å². The van der Waals surface area contributed by atoms with Crippen molar-refractivity contribution in [2.75, 3.05) is 13.2 Å². The summed E-state index contributed by atoms with van der Waals surface area (Å²) in [6.45, 7) is 0.0547. The van der Waals surface area contributed by atoms with Crippen molar-refractivity contribution >= 4 is 12.1 Å². The fraction of sp³-hybridized carbons (Fsp3) is 0.778. The van der Waals surface area contributed by atoms with E-state index >= 15 is 0 Å². The number of carboxylic acid groups (broad SMARTS) is 1. The Kier molecular flexibility index (Phi) is 7.35. The second kappa shape index (κ2) is 8.05. The number of aliphatic hydroxyl groups excluding tert-OH is 1. The predicted molar refractivity (Wildman–Crippen MR) is 52.2 cm³/mol. The molecule has 1 unspecified atom stereocenters. The maximum atomic E-state index is 10.9. The maximum Gasteiger partial charge on any atom is 0.505 e. The minimum atomic E-state index is -1.35. The molecule has 0 aliphatic heterocycles. The summed E-state index contributed by atoms with van der Waals surface area (Å²) in [7, 11) is 0. The molecule has 0 spiro atoms. The monoisotopic (exact) mass is 219 g/mol. The van der Waals surface area contributed by atoms with Gasteiger partial charge in [-0.15, -0.1) is 0 Å². The van der Waals surface area contributed by atoms with Crippen LogP contribution in [0.2, 0.25) is 0 Å². The van der Waals surface area contributed by atoms with E-state index in [1.165, 1.54) is 0 Å². The fourth-order valence-corrected chi connectivity index (χ4v) is 1.22. The zero-order valence-corrected chi connectivity index (χ0v) is 8.52. The molecule has 0 aliphatic rings. The predicted octanol–water partition coefficient (Wildman–Crippen LogP) is 0.335. The average Bonchev–Trinajstić information content (AvgIpc) is 2.15. The van der Waals surface area contributed by atoms with Crippen LogP contribution in [-0.2, 0) is 9.53 Å². The molecule has 6 heteroatoms. The van der Waals surface area contributed by atoms with Crippen molar-refractivity contribution in [3.05, 3.63) is 0 Å². The van der Waals surface area contributed by atoms with Gasteiger partial charge in [0.2, 0.25) is 5.91 Å². The molecule has 0 bridgehead atoms. The lowest BCUT2D eigenvalue weighted by molar-refractivity contribution is -0.122. The van der Waals surface area contributed by atoms with Gasteiger partial charge in [-0.2, -0.15) is 0 Å². The number of ether oxygens (including phenoxy) is 1. The van der Waals surface area contributed by atoms with E-state index in [0.29, 0.717) is 25.7 Å². The van der Waals surface area contributed by atoms with Gasteiger partial charge in [0.15, 0.2) is 0 Å². The SMILES string of the molecule is NC(=O)C(CCCCO)CCOC(=O)O. The summed E-state index contributed by atoms with van der Waals surface area (Å²) in [4.78, 5) is 21.0. The summed E-state index contributed by atoms with van der Waals surface area (Å²) in [6, 6.07) is 0. The average molecular weight is 219 g/mol. The number of aliphatic hydroxyl groups is 1. The topological polar surface area (TPSA) is 110 Å². The summed E-state index contributed by atoms with van der Waals surface area (Å²) in [5, 5.41) is 16.8. The van der Waals surface area contributed by atoms with Gasteiger partial charge in [0, 0.05) is 12.5 Å². The normalized spacial score (nSPS) is 12.1. The number of carbonyl (C=O) groups is 2. The van der Waals surface area contributed by atoms with Crippen molar-refractivity contribution in [2.24, 2.45) is 11.7 Å². The number of primary amides is 1. The van der Waals surface area contributed by atoms with Crippen LogP contribution in [0.3, 0.4) is 0 Å². The number of carbonyl (C=O) groups excluding carboxylic acids is 1. The molecule has 88 valence electrons. The largest absolute Gasteiger partial charge is 0.505 e. The molecule has 0 rings (SSSR count). The highest BCUT2D eigenvalue weighted by Gasteiger charge is 2.15. The third-order valence-electron chi connectivity index (χ3n) is 2.05.